The van der Waals surface area contributed by atoms with Gasteiger partial charge in [0.1, 0.15) is 0 Å². The molecule has 0 saturated heterocycles. The predicted octanol–water partition coefficient (Wildman–Crippen LogP) is 4.40. The molecule has 0 unspecified atom stereocenters. The molecular formula is C14H16N4SSe. The van der Waals surface area contributed by atoms with Crippen molar-refractivity contribution in [3.05, 3.63) is 34.3 Å². The second-order valence-corrected chi connectivity index (χ2v) is 7.65. The van der Waals surface area contributed by atoms with Crippen LogP contribution in [0.4, 0.5) is 17.1 Å². The zero-order valence-electron chi connectivity index (χ0n) is 11.7. The molecule has 2 aromatic rings. The van der Waals surface area contributed by atoms with Crippen LogP contribution in [0.15, 0.2) is 31.5 Å². The number of fused-ring (bicyclic) bond motifs is 1. The Kier molecular flexibility index (Phi) is 3.63. The molecule has 20 heavy (non-hydrogen) atoms. The van der Waals surface area contributed by atoms with Crippen molar-refractivity contribution in [3.8, 4) is 0 Å². The van der Waals surface area contributed by atoms with E-state index in [0.717, 1.165) is 29.3 Å². The predicted molar refractivity (Wildman–Crippen MR) is 84.5 cm³/mol. The van der Waals surface area contributed by atoms with Crippen molar-refractivity contribution in [2.24, 2.45) is 7.92 Å². The van der Waals surface area contributed by atoms with Crippen LogP contribution in [-0.4, -0.2) is 19.6 Å². The van der Waals surface area contributed by atoms with Gasteiger partial charge in [-0.2, -0.15) is 0 Å². The number of nitrogens with zero attached hydrogens (tertiary/aromatic N) is 3. The zero-order chi connectivity index (χ0) is 14.2. The molecule has 0 radical (unpaired) electrons. The van der Waals surface area contributed by atoms with Crippen molar-refractivity contribution in [1.82, 2.24) is 4.98 Å². The summed E-state index contributed by atoms with van der Waals surface area (Å²) >= 11 is 1.74. The number of anilines is 1. The summed E-state index contributed by atoms with van der Waals surface area (Å²) in [6, 6.07) is 6.08. The Bertz CT molecular complexity index is 708. The van der Waals surface area contributed by atoms with Gasteiger partial charge in [0.2, 0.25) is 0 Å². The molecule has 0 spiro atoms. The van der Waals surface area contributed by atoms with Crippen LogP contribution in [0.25, 0.3) is 0 Å². The molecule has 104 valence electrons. The van der Waals surface area contributed by atoms with Gasteiger partial charge in [0.15, 0.2) is 0 Å². The first-order chi connectivity index (χ1) is 9.54. The van der Waals surface area contributed by atoms with Crippen LogP contribution < -0.4 is 5.32 Å². The van der Waals surface area contributed by atoms with E-state index in [9.17, 15) is 0 Å². The number of nitrogens with one attached hydrogen (secondary N) is 1. The van der Waals surface area contributed by atoms with Gasteiger partial charge in [-0.1, -0.05) is 0 Å². The summed E-state index contributed by atoms with van der Waals surface area (Å²) in [5.74, 6) is 0. The van der Waals surface area contributed by atoms with Gasteiger partial charge in [-0.05, 0) is 0 Å². The summed E-state index contributed by atoms with van der Waals surface area (Å²) in [5, 5.41) is 6.73. The summed E-state index contributed by atoms with van der Waals surface area (Å²) in [4.78, 5) is 4.70. The van der Waals surface area contributed by atoms with Crippen molar-refractivity contribution >= 4 is 43.0 Å². The molecule has 0 atom stereocenters. The van der Waals surface area contributed by atoms with Crippen molar-refractivity contribution in [1.29, 1.82) is 0 Å². The Hall–Kier alpha value is -1.23. The van der Waals surface area contributed by atoms with E-state index in [4.69, 9.17) is 4.98 Å². The van der Waals surface area contributed by atoms with Crippen LogP contribution >= 0.6 is 11.3 Å². The monoisotopic (exact) mass is 352 g/mol. The van der Waals surface area contributed by atoms with Gasteiger partial charge >= 0.3 is 128 Å². The molecule has 1 aliphatic rings. The van der Waals surface area contributed by atoms with Gasteiger partial charge in [0.25, 0.3) is 0 Å². The number of hydrogen-bond donors (Lipinski definition) is 1. The van der Waals surface area contributed by atoms with Gasteiger partial charge in [-0.3, -0.25) is 0 Å². The molecule has 1 aliphatic heterocycles. The van der Waals surface area contributed by atoms with Crippen LogP contribution in [0.1, 0.15) is 31.5 Å². The van der Waals surface area contributed by atoms with Crippen molar-refractivity contribution in [2.75, 3.05) is 5.32 Å². The normalized spacial score (nSPS) is 13.2. The zero-order valence-corrected chi connectivity index (χ0v) is 14.2. The fourth-order valence-corrected chi connectivity index (χ4v) is 3.93. The molecule has 0 aliphatic carbocycles. The van der Waals surface area contributed by atoms with Crippen LogP contribution in [0.3, 0.4) is 0 Å². The minimum atomic E-state index is 0.0140. The first kappa shape index (κ1) is 13.7. The summed E-state index contributed by atoms with van der Waals surface area (Å²) in [6.07, 6.45) is 0. The third-order valence-electron chi connectivity index (χ3n) is 2.94. The molecule has 0 amide bonds. The van der Waals surface area contributed by atoms with E-state index in [1.54, 1.807) is 11.3 Å². The number of thiazole rings is 1. The van der Waals surface area contributed by atoms with E-state index in [1.165, 1.54) is 5.01 Å². The van der Waals surface area contributed by atoms with Gasteiger partial charge in [-0.15, -0.1) is 0 Å². The Morgan fingerprint density at radius 1 is 1.25 bits per heavy atom. The quantitative estimate of drug-likeness (QED) is 0.711. The Morgan fingerprint density at radius 2 is 2.10 bits per heavy atom. The van der Waals surface area contributed by atoms with Crippen LogP contribution in [-0.2, 0) is 12.0 Å². The molecule has 1 aromatic carbocycles. The number of hydrogen-bond acceptors (Lipinski definition) is 5. The summed E-state index contributed by atoms with van der Waals surface area (Å²) in [7, 11) is 0. The number of rotatable bonds is 3. The van der Waals surface area contributed by atoms with E-state index in [0.29, 0.717) is 0 Å². The van der Waals surface area contributed by atoms with E-state index in [2.05, 4.69) is 45.5 Å². The SMILES string of the molecule is CC(C)(C)c1nc(CNc2cccc3c2N=[Se]=N3)cs1. The van der Waals surface area contributed by atoms with Crippen LogP contribution in [0.5, 0.6) is 0 Å². The molecule has 2 heterocycles. The third kappa shape index (κ3) is 2.77. The average Bonchev–Trinajstić information content (AvgIpc) is 3.04. The number of aromatic nitrogens is 1. The average molecular weight is 351 g/mol. The molecule has 1 N–H and O–H groups in total. The second-order valence-electron chi connectivity index (χ2n) is 5.69. The number of benzene rings is 1. The molecule has 3 rings (SSSR count). The van der Waals surface area contributed by atoms with Crippen LogP contribution in [0.2, 0.25) is 0 Å². The van der Waals surface area contributed by atoms with Gasteiger partial charge in [0.05, 0.1) is 0 Å². The Balaban J connectivity index is 1.73. The molecular weight excluding hydrogens is 335 g/mol. The molecule has 4 nitrogen and oxygen atoms in total. The van der Waals surface area contributed by atoms with E-state index in [-0.39, 0.29) is 20.0 Å². The summed E-state index contributed by atoms with van der Waals surface area (Å²) < 4.78 is 8.87. The van der Waals surface area contributed by atoms with Crippen LogP contribution in [0, 0.1) is 0 Å². The molecule has 0 saturated carbocycles. The first-order valence-electron chi connectivity index (χ1n) is 6.44. The van der Waals surface area contributed by atoms with E-state index in [1.807, 2.05) is 12.1 Å². The fourth-order valence-electron chi connectivity index (χ4n) is 1.87. The third-order valence-corrected chi connectivity index (χ3v) is 5.39. The standard InChI is InChI=1S/C14H16N4SSe/c1-14(2,3)13-16-9(8-19-13)7-15-10-5-4-6-11-12(10)18-20-17-11/h4-6,8,15H,7H2,1-3H3. The Morgan fingerprint density at radius 3 is 2.85 bits per heavy atom. The summed E-state index contributed by atoms with van der Waals surface area (Å²) in [6.45, 7) is 7.30. The van der Waals surface area contributed by atoms with E-state index >= 15 is 0 Å². The molecule has 0 fully saturated rings. The fraction of sp³-hybridized carbons (Fsp3) is 0.357. The van der Waals surface area contributed by atoms with Crippen molar-refractivity contribution in [3.63, 3.8) is 0 Å². The summed E-state index contributed by atoms with van der Waals surface area (Å²) in [5.41, 5.74) is 4.25. The Labute approximate surface area is 128 Å². The first-order valence-corrected chi connectivity index (χ1v) is 8.85. The molecule has 1 aromatic heterocycles. The molecule has 6 heteroatoms. The van der Waals surface area contributed by atoms with Gasteiger partial charge < -0.3 is 0 Å². The maximum absolute atomic E-state index is 4.70. The van der Waals surface area contributed by atoms with Crippen molar-refractivity contribution < 1.29 is 0 Å². The minimum absolute atomic E-state index is 0.0140. The topological polar surface area (TPSA) is 49.6 Å². The second kappa shape index (κ2) is 5.28. The van der Waals surface area contributed by atoms with Gasteiger partial charge in [0, 0.05) is 0 Å². The maximum atomic E-state index is 4.70. The molecule has 0 bridgehead atoms. The van der Waals surface area contributed by atoms with E-state index < -0.39 is 0 Å². The van der Waals surface area contributed by atoms with Crippen molar-refractivity contribution in [2.45, 2.75) is 32.7 Å². The van der Waals surface area contributed by atoms with Gasteiger partial charge in [-0.25, -0.2) is 0 Å².